The first-order valence-electron chi connectivity index (χ1n) is 13.5. The zero-order chi connectivity index (χ0) is 29.0. The SMILES string of the molecule is CCOc1cc(-c2ccc(N3CC[C@@](S)(NC(=O)c4c(F)cccc4F)C4NC=CC43)nc2)c2c3cn[nH]c3nn2c1. The zero-order valence-electron chi connectivity index (χ0n) is 22.4. The predicted octanol–water partition coefficient (Wildman–Crippen LogP) is 4.07. The number of nitrogens with zero attached hydrogens (tertiary/aromatic N) is 5. The van der Waals surface area contributed by atoms with Crippen molar-refractivity contribution in [3.8, 4) is 16.9 Å². The van der Waals surface area contributed by atoms with E-state index in [0.717, 1.165) is 40.0 Å². The number of aromatic nitrogens is 5. The maximum Gasteiger partial charge on any atom is 0.258 e. The summed E-state index contributed by atoms with van der Waals surface area (Å²) in [6.07, 6.45) is 9.56. The van der Waals surface area contributed by atoms with E-state index < -0.39 is 28.0 Å². The van der Waals surface area contributed by atoms with Crippen LogP contribution in [0, 0.1) is 11.6 Å². The average molecular weight is 589 g/mol. The standard InChI is InChI=1S/C29H26F2N8O2S/c1-2-41-17-12-18(25-19-14-34-36-27(19)37-39(25)15-17)16-6-7-23(33-13-16)38-11-9-29(42,26-22(38)8-10-32-26)35-28(40)24-20(30)4-3-5-21(24)31/h3-8,10,12-15,22,26,32,42H,2,9,11H2,1H3,(H,35,40)(H,36,37)/t22?,26?,29-/m0/s1. The van der Waals surface area contributed by atoms with Gasteiger partial charge in [0.05, 0.1) is 42.0 Å². The quantitative estimate of drug-likeness (QED) is 0.175. The van der Waals surface area contributed by atoms with Crippen molar-refractivity contribution < 1.29 is 18.3 Å². The first kappa shape index (κ1) is 26.3. The van der Waals surface area contributed by atoms with Crippen molar-refractivity contribution >= 4 is 40.9 Å². The van der Waals surface area contributed by atoms with E-state index >= 15 is 0 Å². The lowest BCUT2D eigenvalue weighted by Gasteiger charge is -2.48. The third-order valence-corrected chi connectivity index (χ3v) is 8.42. The second-order valence-electron chi connectivity index (χ2n) is 10.3. The topological polar surface area (TPSA) is 112 Å². The minimum atomic E-state index is -1.07. The molecule has 0 aliphatic carbocycles. The summed E-state index contributed by atoms with van der Waals surface area (Å²) in [6.45, 7) is 2.94. The number of carbonyl (C=O) groups is 1. The number of fused-ring (bicyclic) bond motifs is 4. The van der Waals surface area contributed by atoms with Gasteiger partial charge in [-0.15, -0.1) is 17.7 Å². The number of anilines is 1. The monoisotopic (exact) mass is 588 g/mol. The largest absolute Gasteiger partial charge is 0.492 e. The lowest BCUT2D eigenvalue weighted by molar-refractivity contribution is 0.0900. The fraction of sp³-hybridized carbons (Fsp3) is 0.241. The molecule has 2 aliphatic heterocycles. The molecule has 3 atom stereocenters. The van der Waals surface area contributed by atoms with Gasteiger partial charge in [0, 0.05) is 23.9 Å². The molecule has 214 valence electrons. The number of aromatic amines is 1. The highest BCUT2D eigenvalue weighted by molar-refractivity contribution is 7.81. The molecule has 1 fully saturated rings. The molecule has 4 aromatic heterocycles. The Kier molecular flexibility index (Phi) is 6.26. The number of H-pyrrole nitrogens is 1. The van der Waals surface area contributed by atoms with Gasteiger partial charge in [0.25, 0.3) is 5.91 Å². The van der Waals surface area contributed by atoms with Gasteiger partial charge in [-0.05, 0) is 56.0 Å². The number of hydrogen-bond donors (Lipinski definition) is 4. The van der Waals surface area contributed by atoms with E-state index in [-0.39, 0.29) is 12.1 Å². The molecule has 6 heterocycles. The second kappa shape index (κ2) is 10.0. The Balaban J connectivity index is 1.17. The van der Waals surface area contributed by atoms with Crippen LogP contribution in [-0.4, -0.2) is 60.8 Å². The van der Waals surface area contributed by atoms with Gasteiger partial charge >= 0.3 is 0 Å². The third kappa shape index (κ3) is 4.23. The summed E-state index contributed by atoms with van der Waals surface area (Å²) in [7, 11) is 0. The Labute approximate surface area is 244 Å². The van der Waals surface area contributed by atoms with Gasteiger partial charge in [0.15, 0.2) is 5.65 Å². The highest BCUT2D eigenvalue weighted by Crippen LogP contribution is 2.38. The zero-order valence-corrected chi connectivity index (χ0v) is 23.3. The van der Waals surface area contributed by atoms with E-state index in [1.807, 2.05) is 43.6 Å². The van der Waals surface area contributed by atoms with Gasteiger partial charge in [-0.1, -0.05) is 6.07 Å². The van der Waals surface area contributed by atoms with Crippen LogP contribution >= 0.6 is 12.6 Å². The number of amides is 1. The number of piperidine rings is 1. The normalized spacial score (nSPS) is 21.5. The average Bonchev–Trinajstić information content (AvgIpc) is 3.70. The number of ether oxygens (including phenoxy) is 1. The van der Waals surface area contributed by atoms with Gasteiger partial charge in [-0.2, -0.15) is 5.10 Å². The summed E-state index contributed by atoms with van der Waals surface area (Å²) in [5.74, 6) is -1.27. The fourth-order valence-electron chi connectivity index (χ4n) is 5.87. The van der Waals surface area contributed by atoms with Crippen LogP contribution in [0.5, 0.6) is 5.75 Å². The first-order chi connectivity index (χ1) is 20.4. The molecule has 0 radical (unpaired) electrons. The van der Waals surface area contributed by atoms with Gasteiger partial charge in [-0.3, -0.25) is 9.89 Å². The lowest BCUT2D eigenvalue weighted by atomic mass is 9.91. The number of hydrogen-bond acceptors (Lipinski definition) is 8. The highest BCUT2D eigenvalue weighted by atomic mass is 32.1. The van der Waals surface area contributed by atoms with Crippen LogP contribution in [0.4, 0.5) is 14.6 Å². The van der Waals surface area contributed by atoms with Gasteiger partial charge < -0.3 is 20.3 Å². The Morgan fingerprint density at radius 3 is 2.83 bits per heavy atom. The highest BCUT2D eigenvalue weighted by Gasteiger charge is 2.49. The molecular formula is C29H26F2N8O2S. The van der Waals surface area contributed by atoms with E-state index in [4.69, 9.17) is 22.3 Å². The molecule has 13 heteroatoms. The van der Waals surface area contributed by atoms with Crippen LogP contribution < -0.4 is 20.3 Å². The summed E-state index contributed by atoms with van der Waals surface area (Å²) in [4.78, 5) is 18.8. The minimum absolute atomic E-state index is 0.214. The van der Waals surface area contributed by atoms with Crippen LogP contribution in [0.3, 0.4) is 0 Å². The molecular weight excluding hydrogens is 562 g/mol. The molecule has 0 saturated carbocycles. The van der Waals surface area contributed by atoms with Gasteiger partial charge in [-0.25, -0.2) is 18.3 Å². The van der Waals surface area contributed by atoms with Crippen molar-refractivity contribution in [3.05, 3.63) is 84.5 Å². The Morgan fingerprint density at radius 2 is 2.07 bits per heavy atom. The number of nitrogens with one attached hydrogen (secondary N) is 3. The summed E-state index contributed by atoms with van der Waals surface area (Å²) in [5.41, 5.74) is 2.72. The van der Waals surface area contributed by atoms with Crippen LogP contribution in [0.15, 0.2) is 67.3 Å². The molecule has 10 nitrogen and oxygen atoms in total. The first-order valence-corrected chi connectivity index (χ1v) is 13.9. The summed E-state index contributed by atoms with van der Waals surface area (Å²) < 4.78 is 36.2. The van der Waals surface area contributed by atoms with Crippen LogP contribution in [-0.2, 0) is 0 Å². The number of carbonyl (C=O) groups excluding carboxylic acids is 1. The molecule has 42 heavy (non-hydrogen) atoms. The van der Waals surface area contributed by atoms with E-state index in [1.165, 1.54) is 6.07 Å². The Hall–Kier alpha value is -4.65. The molecule has 0 bridgehead atoms. The summed E-state index contributed by atoms with van der Waals surface area (Å²) in [5, 5.41) is 18.6. The molecule has 0 spiro atoms. The van der Waals surface area contributed by atoms with Crippen molar-refractivity contribution in [1.82, 2.24) is 35.4 Å². The molecule has 3 N–H and O–H groups in total. The predicted molar refractivity (Wildman–Crippen MR) is 157 cm³/mol. The van der Waals surface area contributed by atoms with Crippen LogP contribution in [0.25, 0.3) is 27.7 Å². The number of benzene rings is 1. The number of halogens is 2. The van der Waals surface area contributed by atoms with Crippen molar-refractivity contribution in [3.63, 3.8) is 0 Å². The Bertz CT molecular complexity index is 1840. The molecule has 5 aromatic rings. The molecule has 2 aliphatic rings. The van der Waals surface area contributed by atoms with Crippen LogP contribution in [0.1, 0.15) is 23.7 Å². The van der Waals surface area contributed by atoms with Crippen LogP contribution in [0.2, 0.25) is 0 Å². The Morgan fingerprint density at radius 1 is 1.24 bits per heavy atom. The fourth-order valence-corrected chi connectivity index (χ4v) is 6.30. The van der Waals surface area contributed by atoms with E-state index in [0.29, 0.717) is 31.0 Å². The van der Waals surface area contributed by atoms with Crippen molar-refractivity contribution in [2.75, 3.05) is 18.1 Å². The lowest BCUT2D eigenvalue weighted by Crippen LogP contribution is -2.67. The molecule has 7 rings (SSSR count). The van der Waals surface area contributed by atoms with E-state index in [9.17, 15) is 13.6 Å². The maximum absolute atomic E-state index is 14.3. The van der Waals surface area contributed by atoms with Crippen molar-refractivity contribution in [2.45, 2.75) is 30.3 Å². The van der Waals surface area contributed by atoms with Gasteiger partial charge in [0.2, 0.25) is 0 Å². The molecule has 1 aromatic carbocycles. The summed E-state index contributed by atoms with van der Waals surface area (Å²) >= 11 is 4.82. The molecule has 1 saturated heterocycles. The molecule has 2 unspecified atom stereocenters. The second-order valence-corrected chi connectivity index (χ2v) is 11.1. The third-order valence-electron chi connectivity index (χ3n) is 7.81. The van der Waals surface area contributed by atoms with Gasteiger partial charge in [0.1, 0.15) is 33.6 Å². The number of rotatable bonds is 6. The van der Waals surface area contributed by atoms with Crippen molar-refractivity contribution in [1.29, 1.82) is 0 Å². The number of thiol groups is 1. The summed E-state index contributed by atoms with van der Waals surface area (Å²) in [6, 6.07) is 8.67. The minimum Gasteiger partial charge on any atom is -0.492 e. The van der Waals surface area contributed by atoms with E-state index in [2.05, 4.69) is 30.8 Å². The van der Waals surface area contributed by atoms with Crippen molar-refractivity contribution in [2.24, 2.45) is 0 Å². The molecule has 1 amide bonds. The number of pyridine rings is 2. The smallest absolute Gasteiger partial charge is 0.258 e. The van der Waals surface area contributed by atoms with E-state index in [1.54, 1.807) is 16.9 Å². The maximum atomic E-state index is 14.3.